The highest BCUT2D eigenvalue weighted by atomic mass is 16.1. The van der Waals surface area contributed by atoms with Crippen LogP contribution >= 0.6 is 0 Å². The van der Waals surface area contributed by atoms with E-state index in [2.05, 4.69) is 17.2 Å². The van der Waals surface area contributed by atoms with Gasteiger partial charge in [0.1, 0.15) is 0 Å². The summed E-state index contributed by atoms with van der Waals surface area (Å²) in [5.74, 6) is -0.0490. The molecular formula is C12H18N2O. The van der Waals surface area contributed by atoms with Gasteiger partial charge in [-0.1, -0.05) is 13.3 Å². The summed E-state index contributed by atoms with van der Waals surface area (Å²) in [5, 5.41) is 2.75. The van der Waals surface area contributed by atoms with Crippen LogP contribution in [0.1, 0.15) is 42.7 Å². The van der Waals surface area contributed by atoms with Crippen molar-refractivity contribution < 1.29 is 4.79 Å². The van der Waals surface area contributed by atoms with E-state index in [-0.39, 0.29) is 5.91 Å². The molecule has 0 saturated heterocycles. The van der Waals surface area contributed by atoms with Crippen LogP contribution in [0.4, 0.5) is 0 Å². The third kappa shape index (κ3) is 3.70. The van der Waals surface area contributed by atoms with E-state index in [0.717, 1.165) is 18.5 Å². The molecule has 0 unspecified atom stereocenters. The average Bonchev–Trinajstić information content (AvgIpc) is 2.27. The Balaban J connectivity index is 2.59. The van der Waals surface area contributed by atoms with E-state index in [1.165, 1.54) is 6.42 Å². The minimum absolute atomic E-state index is 0.0490. The monoisotopic (exact) mass is 206 g/mol. The summed E-state index contributed by atoms with van der Waals surface area (Å²) in [7, 11) is 0. The van der Waals surface area contributed by atoms with Gasteiger partial charge in [0.15, 0.2) is 0 Å². The van der Waals surface area contributed by atoms with E-state index in [9.17, 15) is 4.79 Å². The number of aryl methyl sites for hydroxylation is 1. The van der Waals surface area contributed by atoms with E-state index in [4.69, 9.17) is 0 Å². The second-order valence-corrected chi connectivity index (χ2v) is 3.50. The molecule has 3 heteroatoms. The Hall–Kier alpha value is -1.38. The number of hydrogen-bond donors (Lipinski definition) is 1. The molecule has 0 bridgehead atoms. The largest absolute Gasteiger partial charge is 0.352 e. The van der Waals surface area contributed by atoms with Gasteiger partial charge in [-0.15, -0.1) is 0 Å². The maximum atomic E-state index is 11.4. The molecule has 0 aliphatic rings. The van der Waals surface area contributed by atoms with Gasteiger partial charge in [0.2, 0.25) is 0 Å². The van der Waals surface area contributed by atoms with E-state index >= 15 is 0 Å². The van der Waals surface area contributed by atoms with Crippen molar-refractivity contribution in [2.24, 2.45) is 0 Å². The predicted molar refractivity (Wildman–Crippen MR) is 60.9 cm³/mol. The Morgan fingerprint density at radius 1 is 1.40 bits per heavy atom. The fourth-order valence-corrected chi connectivity index (χ4v) is 1.33. The zero-order chi connectivity index (χ0) is 11.1. The van der Waals surface area contributed by atoms with Crippen molar-refractivity contribution in [1.29, 1.82) is 0 Å². The number of aromatic nitrogens is 1. The molecule has 1 amide bonds. The Labute approximate surface area is 90.9 Å². The maximum Gasteiger partial charge on any atom is 0.252 e. The van der Waals surface area contributed by atoms with Crippen molar-refractivity contribution in [2.75, 3.05) is 6.54 Å². The number of hydrogen-bond acceptors (Lipinski definition) is 2. The summed E-state index contributed by atoms with van der Waals surface area (Å²) in [6.07, 6.45) is 4.95. The number of carbonyl (C=O) groups is 1. The summed E-state index contributed by atoms with van der Waals surface area (Å²) >= 11 is 0. The smallest absolute Gasteiger partial charge is 0.252 e. The molecule has 0 atom stereocenters. The molecule has 0 aromatic carbocycles. The molecular weight excluding hydrogens is 188 g/mol. The van der Waals surface area contributed by atoms with Crippen LogP contribution in [0, 0.1) is 0 Å². The number of nitrogens with one attached hydrogen (secondary N) is 1. The highest BCUT2D eigenvalue weighted by molar-refractivity contribution is 5.93. The standard InChI is InChI=1S/C12H18N2O/c1-3-5-6-11-8-7-10(9-14-11)12(15)13-4-2/h7-9H,3-6H2,1-2H3,(H,13,15). The van der Waals surface area contributed by atoms with Crippen LogP contribution in [0.2, 0.25) is 0 Å². The molecule has 1 rings (SSSR count). The first kappa shape index (κ1) is 11.7. The third-order valence-corrected chi connectivity index (χ3v) is 2.21. The lowest BCUT2D eigenvalue weighted by molar-refractivity contribution is 0.0955. The van der Waals surface area contributed by atoms with E-state index < -0.39 is 0 Å². The van der Waals surface area contributed by atoms with Gasteiger partial charge < -0.3 is 5.32 Å². The van der Waals surface area contributed by atoms with Crippen LogP contribution < -0.4 is 5.32 Å². The number of rotatable bonds is 5. The molecule has 0 aliphatic carbocycles. The van der Waals surface area contributed by atoms with Crippen LogP contribution in [-0.2, 0) is 6.42 Å². The van der Waals surface area contributed by atoms with Gasteiger partial charge in [0.25, 0.3) is 5.91 Å². The molecule has 1 N–H and O–H groups in total. The number of nitrogens with zero attached hydrogens (tertiary/aromatic N) is 1. The number of carbonyl (C=O) groups excluding carboxylic acids is 1. The number of unbranched alkanes of at least 4 members (excludes halogenated alkanes) is 1. The minimum Gasteiger partial charge on any atom is -0.352 e. The average molecular weight is 206 g/mol. The van der Waals surface area contributed by atoms with Gasteiger partial charge in [-0.3, -0.25) is 9.78 Å². The van der Waals surface area contributed by atoms with Gasteiger partial charge >= 0.3 is 0 Å². The molecule has 0 saturated carbocycles. The lowest BCUT2D eigenvalue weighted by Crippen LogP contribution is -2.22. The molecule has 82 valence electrons. The fraction of sp³-hybridized carbons (Fsp3) is 0.500. The van der Waals surface area contributed by atoms with Crippen LogP contribution in [-0.4, -0.2) is 17.4 Å². The Kier molecular flexibility index (Phi) is 4.81. The zero-order valence-electron chi connectivity index (χ0n) is 9.42. The highest BCUT2D eigenvalue weighted by Gasteiger charge is 2.03. The second-order valence-electron chi connectivity index (χ2n) is 3.50. The lowest BCUT2D eigenvalue weighted by atomic mass is 10.1. The van der Waals surface area contributed by atoms with Gasteiger partial charge in [-0.2, -0.15) is 0 Å². The van der Waals surface area contributed by atoms with Crippen molar-refractivity contribution in [3.8, 4) is 0 Å². The first-order valence-corrected chi connectivity index (χ1v) is 5.51. The SMILES string of the molecule is CCCCc1ccc(C(=O)NCC)cn1. The summed E-state index contributed by atoms with van der Waals surface area (Å²) in [4.78, 5) is 15.7. The van der Waals surface area contributed by atoms with Gasteiger partial charge in [-0.25, -0.2) is 0 Å². The summed E-state index contributed by atoms with van der Waals surface area (Å²) in [6.45, 7) is 4.71. The molecule has 0 radical (unpaired) electrons. The third-order valence-electron chi connectivity index (χ3n) is 2.21. The quantitative estimate of drug-likeness (QED) is 0.802. The van der Waals surface area contributed by atoms with Gasteiger partial charge in [0, 0.05) is 18.4 Å². The fourth-order valence-electron chi connectivity index (χ4n) is 1.33. The number of amides is 1. The van der Waals surface area contributed by atoms with Crippen molar-refractivity contribution in [3.05, 3.63) is 29.6 Å². The Bertz CT molecular complexity index is 306. The predicted octanol–water partition coefficient (Wildman–Crippen LogP) is 2.17. The molecule has 0 fully saturated rings. The zero-order valence-corrected chi connectivity index (χ0v) is 9.42. The maximum absolute atomic E-state index is 11.4. The van der Waals surface area contributed by atoms with Gasteiger partial charge in [-0.05, 0) is 31.9 Å². The lowest BCUT2D eigenvalue weighted by Gasteiger charge is -2.03. The highest BCUT2D eigenvalue weighted by Crippen LogP contribution is 2.04. The van der Waals surface area contributed by atoms with Crippen molar-refractivity contribution in [1.82, 2.24) is 10.3 Å². The summed E-state index contributed by atoms with van der Waals surface area (Å²) < 4.78 is 0. The summed E-state index contributed by atoms with van der Waals surface area (Å²) in [5.41, 5.74) is 1.70. The Morgan fingerprint density at radius 3 is 2.73 bits per heavy atom. The van der Waals surface area contributed by atoms with Crippen LogP contribution in [0.5, 0.6) is 0 Å². The normalized spacial score (nSPS) is 10.0. The summed E-state index contributed by atoms with van der Waals surface area (Å²) in [6, 6.07) is 3.77. The number of pyridine rings is 1. The first-order valence-electron chi connectivity index (χ1n) is 5.51. The minimum atomic E-state index is -0.0490. The molecule has 1 aromatic heterocycles. The molecule has 1 heterocycles. The van der Waals surface area contributed by atoms with Crippen LogP contribution in [0.15, 0.2) is 18.3 Å². The van der Waals surface area contributed by atoms with Gasteiger partial charge in [0.05, 0.1) is 5.56 Å². The molecule has 15 heavy (non-hydrogen) atoms. The Morgan fingerprint density at radius 2 is 2.20 bits per heavy atom. The molecule has 3 nitrogen and oxygen atoms in total. The van der Waals surface area contributed by atoms with E-state index in [1.54, 1.807) is 6.20 Å². The molecule has 0 aliphatic heterocycles. The second kappa shape index (κ2) is 6.17. The molecule has 0 spiro atoms. The van der Waals surface area contributed by atoms with Crippen molar-refractivity contribution in [2.45, 2.75) is 33.1 Å². The van der Waals surface area contributed by atoms with E-state index in [0.29, 0.717) is 12.1 Å². The van der Waals surface area contributed by atoms with E-state index in [1.807, 2.05) is 19.1 Å². The van der Waals surface area contributed by atoms with Crippen molar-refractivity contribution >= 4 is 5.91 Å². The van der Waals surface area contributed by atoms with Crippen LogP contribution in [0.25, 0.3) is 0 Å². The molecule has 1 aromatic rings. The first-order chi connectivity index (χ1) is 7.27. The topological polar surface area (TPSA) is 42.0 Å². The van der Waals surface area contributed by atoms with Crippen molar-refractivity contribution in [3.63, 3.8) is 0 Å². The van der Waals surface area contributed by atoms with Crippen LogP contribution in [0.3, 0.4) is 0 Å².